The first-order valence-corrected chi connectivity index (χ1v) is 7.88. The van der Waals surface area contributed by atoms with Gasteiger partial charge in [-0.2, -0.15) is 0 Å². The van der Waals surface area contributed by atoms with Crippen molar-refractivity contribution in [3.63, 3.8) is 0 Å². The number of hydrogen-bond donors (Lipinski definition) is 2. The molecule has 3 N–H and O–H groups in total. The molecule has 9 heteroatoms. The normalized spacial score (nSPS) is 13.2. The number of rotatable bonds is 1. The minimum Gasteiger partial charge on any atom is -0.384 e. The molecule has 0 saturated carbocycles. The molecule has 0 fully saturated rings. The van der Waals surface area contributed by atoms with Gasteiger partial charge in [-0.25, -0.2) is 4.39 Å². The van der Waals surface area contributed by atoms with E-state index < -0.39 is 23.2 Å². The first kappa shape index (κ1) is 15.9. The van der Waals surface area contributed by atoms with Crippen LogP contribution in [0.1, 0.15) is 26.3 Å². The number of halogens is 3. The average Bonchev–Trinajstić information content (AvgIpc) is 2.74. The second kappa shape index (κ2) is 5.27. The van der Waals surface area contributed by atoms with Crippen molar-refractivity contribution in [2.75, 3.05) is 5.73 Å². The Kier molecular flexibility index (Phi) is 3.64. The Morgan fingerprint density at radius 2 is 1.83 bits per heavy atom. The van der Waals surface area contributed by atoms with Gasteiger partial charge >= 0.3 is 0 Å². The maximum Gasteiger partial charge on any atom is 0.262 e. The van der Waals surface area contributed by atoms with E-state index >= 15 is 0 Å². The lowest BCUT2D eigenvalue weighted by Crippen LogP contribution is -2.25. The number of aromatic nitrogens is 1. The van der Waals surface area contributed by atoms with E-state index in [0.717, 1.165) is 10.6 Å². The molecule has 2 aromatic rings. The smallest absolute Gasteiger partial charge is 0.262 e. The molecule has 0 aliphatic carbocycles. The zero-order valence-electron chi connectivity index (χ0n) is 11.5. The standard InChI is InChI=1S/C14H8Br2FN3O3/c1-4-7(17)3-6(15)11(10(4)16)20-8(21)2-5-9(12(20)18)14(23)19-13(5)22/h2-3H,18H2,1H3,(H,19,22,23). The van der Waals surface area contributed by atoms with Crippen LogP contribution in [0, 0.1) is 12.7 Å². The summed E-state index contributed by atoms with van der Waals surface area (Å²) in [5, 5.41) is 2.09. The third-order valence-corrected chi connectivity index (χ3v) is 5.13. The Hall–Kier alpha value is -2.00. The van der Waals surface area contributed by atoms with Crippen molar-refractivity contribution < 1.29 is 14.0 Å². The van der Waals surface area contributed by atoms with E-state index in [1.54, 1.807) is 0 Å². The molecule has 2 amide bonds. The molecular weight excluding hydrogens is 437 g/mol. The largest absolute Gasteiger partial charge is 0.384 e. The summed E-state index contributed by atoms with van der Waals surface area (Å²) in [5.41, 5.74) is 5.73. The Morgan fingerprint density at radius 3 is 2.48 bits per heavy atom. The summed E-state index contributed by atoms with van der Waals surface area (Å²) in [7, 11) is 0. The lowest BCUT2D eigenvalue weighted by molar-refractivity contribution is 0.0880. The van der Waals surface area contributed by atoms with Gasteiger partial charge in [0.2, 0.25) is 0 Å². The van der Waals surface area contributed by atoms with Crippen molar-refractivity contribution >= 4 is 49.5 Å². The number of nitrogen functional groups attached to an aromatic ring is 1. The number of nitrogens with two attached hydrogens (primary N) is 1. The Bertz CT molecular complexity index is 969. The number of amides is 2. The summed E-state index contributed by atoms with van der Waals surface area (Å²) in [6.45, 7) is 1.53. The molecule has 6 nitrogen and oxygen atoms in total. The van der Waals surface area contributed by atoms with Gasteiger partial charge in [-0.1, -0.05) is 0 Å². The third kappa shape index (κ3) is 2.22. The van der Waals surface area contributed by atoms with Crippen LogP contribution in [-0.4, -0.2) is 16.4 Å². The van der Waals surface area contributed by atoms with Gasteiger partial charge in [0.15, 0.2) is 0 Å². The van der Waals surface area contributed by atoms with Gasteiger partial charge in [0.1, 0.15) is 11.6 Å². The van der Waals surface area contributed by atoms with Gasteiger partial charge in [0, 0.05) is 20.6 Å². The maximum atomic E-state index is 13.8. The van der Waals surface area contributed by atoms with Crippen molar-refractivity contribution in [3.05, 3.63) is 53.9 Å². The molecule has 0 unspecified atom stereocenters. The fourth-order valence-electron chi connectivity index (χ4n) is 2.39. The zero-order chi connectivity index (χ0) is 17.0. The summed E-state index contributed by atoms with van der Waals surface area (Å²) in [6, 6.07) is 2.23. The predicted molar refractivity (Wildman–Crippen MR) is 88.3 cm³/mol. The highest BCUT2D eigenvalue weighted by Gasteiger charge is 2.32. The molecule has 3 rings (SSSR count). The summed E-state index contributed by atoms with van der Waals surface area (Å²) in [6.07, 6.45) is 0. The number of nitrogens with one attached hydrogen (secondary N) is 1. The SMILES string of the molecule is Cc1c(F)cc(Br)c(-n2c(N)c3c(cc2=O)C(=O)NC3=O)c1Br. The first-order chi connectivity index (χ1) is 10.7. The fourth-order valence-corrected chi connectivity index (χ4v) is 3.81. The van der Waals surface area contributed by atoms with Gasteiger partial charge in [-0.15, -0.1) is 0 Å². The van der Waals surface area contributed by atoms with Crippen molar-refractivity contribution in [3.8, 4) is 5.69 Å². The third-order valence-electron chi connectivity index (χ3n) is 3.55. The maximum absolute atomic E-state index is 13.8. The van der Waals surface area contributed by atoms with Crippen LogP contribution < -0.4 is 16.6 Å². The predicted octanol–water partition coefficient (Wildman–Crippen LogP) is 2.28. The van der Waals surface area contributed by atoms with Gasteiger partial charge in [0.25, 0.3) is 17.4 Å². The summed E-state index contributed by atoms with van der Waals surface area (Å²) in [5.74, 6) is -2.02. The molecule has 0 saturated heterocycles. The van der Waals surface area contributed by atoms with E-state index in [2.05, 4.69) is 37.2 Å². The first-order valence-electron chi connectivity index (χ1n) is 6.29. The van der Waals surface area contributed by atoms with Crippen molar-refractivity contribution in [2.24, 2.45) is 0 Å². The molecular formula is C14H8Br2FN3O3. The number of carbonyl (C=O) groups excluding carboxylic acids is 2. The number of nitrogens with zero attached hydrogens (tertiary/aromatic N) is 1. The summed E-state index contributed by atoms with van der Waals surface area (Å²) in [4.78, 5) is 35.9. The number of imide groups is 1. The molecule has 0 spiro atoms. The van der Waals surface area contributed by atoms with Crippen LogP contribution in [-0.2, 0) is 0 Å². The quantitative estimate of drug-likeness (QED) is 0.659. The molecule has 1 aliphatic heterocycles. The Morgan fingerprint density at radius 1 is 1.17 bits per heavy atom. The van der Waals surface area contributed by atoms with Gasteiger partial charge in [0.05, 0.1) is 16.8 Å². The number of benzene rings is 1. The second-order valence-corrected chi connectivity index (χ2v) is 6.55. The van der Waals surface area contributed by atoms with Gasteiger partial charge in [-0.3, -0.25) is 24.3 Å². The van der Waals surface area contributed by atoms with Crippen LogP contribution in [0.4, 0.5) is 10.2 Å². The molecule has 23 heavy (non-hydrogen) atoms. The van der Waals surface area contributed by atoms with Crippen LogP contribution in [0.3, 0.4) is 0 Å². The van der Waals surface area contributed by atoms with Crippen molar-refractivity contribution in [1.29, 1.82) is 0 Å². The number of hydrogen-bond acceptors (Lipinski definition) is 4. The number of carbonyl (C=O) groups is 2. The number of anilines is 1. The van der Waals surface area contributed by atoms with Gasteiger partial charge in [-0.05, 0) is 44.8 Å². The van der Waals surface area contributed by atoms with Crippen LogP contribution in [0.5, 0.6) is 0 Å². The van der Waals surface area contributed by atoms with E-state index in [4.69, 9.17) is 5.73 Å². The van der Waals surface area contributed by atoms with Gasteiger partial charge < -0.3 is 5.73 Å². The lowest BCUT2D eigenvalue weighted by Gasteiger charge is -2.16. The van der Waals surface area contributed by atoms with Crippen molar-refractivity contribution in [1.82, 2.24) is 9.88 Å². The molecule has 1 aromatic carbocycles. The van der Waals surface area contributed by atoms with E-state index in [9.17, 15) is 18.8 Å². The van der Waals surface area contributed by atoms with E-state index in [1.165, 1.54) is 13.0 Å². The summed E-state index contributed by atoms with van der Waals surface area (Å²) >= 11 is 6.43. The molecule has 1 aromatic heterocycles. The molecule has 0 atom stereocenters. The molecule has 0 radical (unpaired) electrons. The lowest BCUT2D eigenvalue weighted by atomic mass is 10.1. The average molecular weight is 445 g/mol. The molecule has 0 bridgehead atoms. The zero-order valence-corrected chi connectivity index (χ0v) is 14.7. The number of fused-ring (bicyclic) bond motifs is 1. The molecule has 2 heterocycles. The van der Waals surface area contributed by atoms with Crippen molar-refractivity contribution in [2.45, 2.75) is 6.92 Å². The highest BCUT2D eigenvalue weighted by atomic mass is 79.9. The highest BCUT2D eigenvalue weighted by molar-refractivity contribution is 9.11. The van der Waals surface area contributed by atoms with Crippen LogP contribution in [0.25, 0.3) is 5.69 Å². The topological polar surface area (TPSA) is 94.2 Å². The minimum absolute atomic E-state index is 0.0696. The van der Waals surface area contributed by atoms with E-state index in [-0.39, 0.29) is 32.7 Å². The monoisotopic (exact) mass is 443 g/mol. The summed E-state index contributed by atoms with van der Waals surface area (Å²) < 4.78 is 15.4. The minimum atomic E-state index is -0.678. The molecule has 1 aliphatic rings. The Labute approximate surface area is 145 Å². The molecule has 118 valence electrons. The number of pyridine rings is 1. The second-order valence-electron chi connectivity index (χ2n) is 4.90. The van der Waals surface area contributed by atoms with E-state index in [0.29, 0.717) is 4.47 Å². The highest BCUT2D eigenvalue weighted by Crippen LogP contribution is 2.35. The fraction of sp³-hybridized carbons (Fsp3) is 0.0714. The van der Waals surface area contributed by atoms with E-state index in [1.807, 2.05) is 0 Å². The van der Waals surface area contributed by atoms with Crippen LogP contribution >= 0.6 is 31.9 Å². The van der Waals surface area contributed by atoms with Crippen LogP contribution in [0.15, 0.2) is 25.9 Å². The van der Waals surface area contributed by atoms with Crippen LogP contribution in [0.2, 0.25) is 0 Å². The Balaban J connectivity index is 2.43.